The van der Waals surface area contributed by atoms with Gasteiger partial charge in [0, 0.05) is 23.0 Å². The number of halogens is 1. The van der Waals surface area contributed by atoms with Crippen LogP contribution in [-0.2, 0) is 0 Å². The highest BCUT2D eigenvalue weighted by atomic mass is 35.5. The molecule has 0 aliphatic heterocycles. The van der Waals surface area contributed by atoms with Crippen LogP contribution in [-0.4, -0.2) is 23.0 Å². The Bertz CT molecular complexity index is 953. The van der Waals surface area contributed by atoms with Crippen molar-refractivity contribution in [3.63, 3.8) is 0 Å². The van der Waals surface area contributed by atoms with Crippen molar-refractivity contribution >= 4 is 17.5 Å². The van der Waals surface area contributed by atoms with E-state index in [1.807, 2.05) is 36.4 Å². The van der Waals surface area contributed by atoms with Gasteiger partial charge in [-0.25, -0.2) is 9.97 Å². The van der Waals surface area contributed by atoms with E-state index in [0.29, 0.717) is 22.3 Å². The monoisotopic (exact) mass is 393 g/mol. The number of carbonyl (C=O) groups is 1. The molecule has 0 saturated heterocycles. The predicted molar refractivity (Wildman–Crippen MR) is 108 cm³/mol. The lowest BCUT2D eigenvalue weighted by Crippen LogP contribution is -2.30. The number of hydrogen-bond donors (Lipinski definition) is 1. The molecule has 3 aromatic rings. The van der Waals surface area contributed by atoms with E-state index in [1.54, 1.807) is 31.6 Å². The molecule has 1 N–H and O–H groups in total. The van der Waals surface area contributed by atoms with E-state index in [2.05, 4.69) is 15.3 Å². The zero-order valence-electron chi connectivity index (χ0n) is 15.4. The van der Waals surface area contributed by atoms with Gasteiger partial charge in [-0.3, -0.25) is 4.79 Å². The van der Waals surface area contributed by atoms with Gasteiger partial charge < -0.3 is 10.1 Å². The van der Waals surface area contributed by atoms with Gasteiger partial charge in [-0.1, -0.05) is 23.7 Å². The quantitative estimate of drug-likeness (QED) is 0.660. The standard InChI is InChI=1S/C22H20ClN3O2/c1-28-19-10-6-15(7-11-19)20(14-2-3-14)26-22(27)17-12-24-21(25-13-17)16-4-8-18(23)9-5-16/h4-14,20H,2-3H2,1H3,(H,26,27)/t20-/m0/s1. The van der Waals surface area contributed by atoms with Crippen molar-refractivity contribution in [2.75, 3.05) is 7.11 Å². The van der Waals surface area contributed by atoms with E-state index < -0.39 is 0 Å². The molecule has 28 heavy (non-hydrogen) atoms. The van der Waals surface area contributed by atoms with Crippen LogP contribution in [0.1, 0.15) is 34.8 Å². The lowest BCUT2D eigenvalue weighted by Gasteiger charge is -2.19. The molecule has 1 saturated carbocycles. The number of hydrogen-bond acceptors (Lipinski definition) is 4. The normalized spacial score (nSPS) is 14.4. The fourth-order valence-corrected chi connectivity index (χ4v) is 3.26. The molecule has 2 aromatic carbocycles. The third kappa shape index (κ3) is 4.15. The van der Waals surface area contributed by atoms with E-state index in [0.717, 1.165) is 29.7 Å². The molecule has 1 aromatic heterocycles. The molecule has 5 nitrogen and oxygen atoms in total. The minimum atomic E-state index is -0.171. The second kappa shape index (κ2) is 7.98. The molecule has 0 spiro atoms. The van der Waals surface area contributed by atoms with Crippen molar-refractivity contribution in [2.45, 2.75) is 18.9 Å². The largest absolute Gasteiger partial charge is 0.497 e. The first-order valence-corrected chi connectivity index (χ1v) is 9.54. The minimum absolute atomic E-state index is 0.0191. The van der Waals surface area contributed by atoms with Gasteiger partial charge in [0.25, 0.3) is 5.91 Å². The number of nitrogens with one attached hydrogen (secondary N) is 1. The van der Waals surface area contributed by atoms with Gasteiger partial charge in [0.05, 0.1) is 18.7 Å². The van der Waals surface area contributed by atoms with Gasteiger partial charge in [0.2, 0.25) is 0 Å². The first-order valence-electron chi connectivity index (χ1n) is 9.17. The molecule has 142 valence electrons. The van der Waals surface area contributed by atoms with Gasteiger partial charge in [0.1, 0.15) is 5.75 Å². The van der Waals surface area contributed by atoms with Crippen LogP contribution in [0.4, 0.5) is 0 Å². The summed E-state index contributed by atoms with van der Waals surface area (Å²) in [6.45, 7) is 0. The van der Waals surface area contributed by atoms with E-state index >= 15 is 0 Å². The molecule has 1 amide bonds. The lowest BCUT2D eigenvalue weighted by molar-refractivity contribution is 0.0931. The SMILES string of the molecule is COc1ccc([C@@H](NC(=O)c2cnc(-c3ccc(Cl)cc3)nc2)C2CC2)cc1. The van der Waals surface area contributed by atoms with Crippen LogP contribution in [0, 0.1) is 5.92 Å². The summed E-state index contributed by atoms with van der Waals surface area (Å²) < 4.78 is 5.22. The van der Waals surface area contributed by atoms with E-state index in [4.69, 9.17) is 16.3 Å². The molecule has 1 aliphatic rings. The van der Waals surface area contributed by atoms with Crippen LogP contribution < -0.4 is 10.1 Å². The van der Waals surface area contributed by atoms with Crippen molar-refractivity contribution in [2.24, 2.45) is 5.92 Å². The Balaban J connectivity index is 1.49. The summed E-state index contributed by atoms with van der Waals surface area (Å²) in [5, 5.41) is 3.80. The van der Waals surface area contributed by atoms with E-state index in [-0.39, 0.29) is 11.9 Å². The Hall–Kier alpha value is -2.92. The smallest absolute Gasteiger partial charge is 0.254 e. The fraction of sp³-hybridized carbons (Fsp3) is 0.227. The topological polar surface area (TPSA) is 64.1 Å². The maximum atomic E-state index is 12.7. The molecule has 0 bridgehead atoms. The number of benzene rings is 2. The summed E-state index contributed by atoms with van der Waals surface area (Å²) in [5.41, 5.74) is 2.37. The maximum Gasteiger partial charge on any atom is 0.254 e. The Kier molecular flexibility index (Phi) is 5.26. The third-order valence-corrected chi connectivity index (χ3v) is 5.12. The van der Waals surface area contributed by atoms with Crippen LogP contribution in [0.15, 0.2) is 60.9 Å². The summed E-state index contributed by atoms with van der Waals surface area (Å²) in [7, 11) is 1.64. The Morgan fingerprint density at radius 1 is 1.07 bits per heavy atom. The summed E-state index contributed by atoms with van der Waals surface area (Å²) in [6.07, 6.45) is 5.35. The Labute approximate surface area is 168 Å². The molecule has 6 heteroatoms. The second-order valence-corrected chi connectivity index (χ2v) is 7.30. The number of amides is 1. The van der Waals surface area contributed by atoms with Crippen molar-refractivity contribution in [3.8, 4) is 17.1 Å². The number of aromatic nitrogens is 2. The molecule has 1 aliphatic carbocycles. The number of methoxy groups -OCH3 is 1. The van der Waals surface area contributed by atoms with Gasteiger partial charge in [-0.15, -0.1) is 0 Å². The van der Waals surface area contributed by atoms with Gasteiger partial charge in [-0.2, -0.15) is 0 Å². The summed E-state index contributed by atoms with van der Waals surface area (Å²) in [4.78, 5) is 21.4. The van der Waals surface area contributed by atoms with Gasteiger partial charge in [-0.05, 0) is 60.7 Å². The van der Waals surface area contributed by atoms with Crippen LogP contribution in [0.2, 0.25) is 5.02 Å². The third-order valence-electron chi connectivity index (χ3n) is 4.87. The second-order valence-electron chi connectivity index (χ2n) is 6.86. The highest BCUT2D eigenvalue weighted by Crippen LogP contribution is 2.41. The van der Waals surface area contributed by atoms with Crippen molar-refractivity contribution in [3.05, 3.63) is 77.1 Å². The van der Waals surface area contributed by atoms with E-state index in [1.165, 1.54) is 0 Å². The summed E-state index contributed by atoms with van der Waals surface area (Å²) in [6, 6.07) is 15.1. The van der Waals surface area contributed by atoms with Crippen LogP contribution in [0.3, 0.4) is 0 Å². The van der Waals surface area contributed by atoms with Gasteiger partial charge in [0.15, 0.2) is 5.82 Å². The molecule has 0 unspecified atom stereocenters. The number of rotatable bonds is 6. The van der Waals surface area contributed by atoms with Crippen LogP contribution in [0.5, 0.6) is 5.75 Å². The Morgan fingerprint density at radius 2 is 1.71 bits per heavy atom. The first kappa shape index (κ1) is 18.4. The van der Waals surface area contributed by atoms with Crippen LogP contribution in [0.25, 0.3) is 11.4 Å². The average Bonchev–Trinajstić information content (AvgIpc) is 3.58. The molecule has 4 rings (SSSR count). The molecule has 1 heterocycles. The zero-order valence-corrected chi connectivity index (χ0v) is 16.2. The van der Waals surface area contributed by atoms with Gasteiger partial charge >= 0.3 is 0 Å². The van der Waals surface area contributed by atoms with Crippen LogP contribution >= 0.6 is 11.6 Å². The molecule has 1 fully saturated rings. The van der Waals surface area contributed by atoms with Crippen molar-refractivity contribution in [1.82, 2.24) is 15.3 Å². The number of ether oxygens (including phenoxy) is 1. The lowest BCUT2D eigenvalue weighted by atomic mass is 10.0. The zero-order chi connectivity index (χ0) is 19.5. The number of nitrogens with zero attached hydrogens (tertiary/aromatic N) is 2. The highest BCUT2D eigenvalue weighted by molar-refractivity contribution is 6.30. The average molecular weight is 394 g/mol. The summed E-state index contributed by atoms with van der Waals surface area (Å²) >= 11 is 5.91. The van der Waals surface area contributed by atoms with Crippen molar-refractivity contribution in [1.29, 1.82) is 0 Å². The molecule has 0 radical (unpaired) electrons. The fourth-order valence-electron chi connectivity index (χ4n) is 3.13. The molecule has 1 atom stereocenters. The predicted octanol–water partition coefficient (Wildman–Crippen LogP) is 4.69. The Morgan fingerprint density at radius 3 is 2.29 bits per heavy atom. The maximum absolute atomic E-state index is 12.7. The van der Waals surface area contributed by atoms with E-state index in [9.17, 15) is 4.79 Å². The first-order chi connectivity index (χ1) is 13.6. The minimum Gasteiger partial charge on any atom is -0.497 e. The number of carbonyl (C=O) groups excluding carboxylic acids is 1. The molecular weight excluding hydrogens is 374 g/mol. The summed E-state index contributed by atoms with van der Waals surface area (Å²) in [5.74, 6) is 1.65. The molecular formula is C22H20ClN3O2. The van der Waals surface area contributed by atoms with Crippen molar-refractivity contribution < 1.29 is 9.53 Å². The highest BCUT2D eigenvalue weighted by Gasteiger charge is 2.33.